The number of nitrogens with two attached hydrogens (primary N) is 2. The fraction of sp³-hybridized carbons (Fsp3) is 0.190. The first kappa shape index (κ1) is 45.1. The van der Waals surface area contributed by atoms with Crippen LogP contribution in [-0.2, 0) is 55.0 Å². The molecule has 0 fully saturated rings. The molecule has 16 nitrogen and oxygen atoms in total. The van der Waals surface area contributed by atoms with Crippen molar-refractivity contribution in [3.8, 4) is 0 Å². The summed E-state index contributed by atoms with van der Waals surface area (Å²) in [5.41, 5.74) is 13.4. The number of primary amides is 2. The number of nitrogens with one attached hydrogen (secondary N) is 2. The number of carbonyl (C=O) groups is 6. The van der Waals surface area contributed by atoms with E-state index in [1.807, 2.05) is 121 Å². The SMILES string of the molecule is NC(=O)c1cnc(C(N)=O)cn1.O=C(O)C[C@H](NCc1ccccc1)C(=O)OCc1ccccc1.O=C(O)C[C@H](NCc1ccccc1)C(=O)OCc1ccccc1. The molecule has 0 aliphatic heterocycles. The van der Waals surface area contributed by atoms with Gasteiger partial charge in [0.2, 0.25) is 0 Å². The summed E-state index contributed by atoms with van der Waals surface area (Å²) in [6.45, 7) is 1.06. The van der Waals surface area contributed by atoms with Crippen molar-refractivity contribution in [2.75, 3.05) is 0 Å². The van der Waals surface area contributed by atoms with Gasteiger partial charge in [-0.3, -0.25) is 39.4 Å². The van der Waals surface area contributed by atoms with Gasteiger partial charge in [0.25, 0.3) is 11.8 Å². The molecule has 5 aromatic rings. The molecule has 0 aliphatic rings. The maximum atomic E-state index is 12.1. The molecule has 2 amide bonds. The average Bonchev–Trinajstić information content (AvgIpc) is 3.23. The van der Waals surface area contributed by atoms with Gasteiger partial charge in [-0.15, -0.1) is 0 Å². The summed E-state index contributed by atoms with van der Waals surface area (Å²) in [5, 5.41) is 23.8. The van der Waals surface area contributed by atoms with Gasteiger partial charge in [-0.1, -0.05) is 121 Å². The van der Waals surface area contributed by atoms with E-state index in [0.29, 0.717) is 13.1 Å². The minimum absolute atomic E-state index is 0.000000000000000222. The Hall–Kier alpha value is -7.30. The highest BCUT2D eigenvalue weighted by molar-refractivity contribution is 5.93. The van der Waals surface area contributed by atoms with Gasteiger partial charge in [-0.05, 0) is 22.3 Å². The standard InChI is InChI=1S/2C18H19NO4.C6H6N4O2/c2*20-17(21)11-16(19-12-14-7-3-1-4-8-14)18(22)23-13-15-9-5-2-6-10-15;7-5(11)3-1-9-4(2-10-3)6(8)12/h2*1-10,16,19H,11-13H2,(H,20,21);1-2H,(H2,7,11)(H2,8,12)/t2*16-;/m00./s1. The summed E-state index contributed by atoms with van der Waals surface area (Å²) in [4.78, 5) is 74.2. The number of ether oxygens (including phenoxy) is 2. The maximum Gasteiger partial charge on any atom is 0.324 e. The molecule has 5 rings (SSSR count). The molecule has 1 aromatic heterocycles. The van der Waals surface area contributed by atoms with Gasteiger partial charge in [-0.2, -0.15) is 0 Å². The van der Waals surface area contributed by atoms with Gasteiger partial charge >= 0.3 is 23.9 Å². The lowest BCUT2D eigenvalue weighted by Gasteiger charge is -2.16. The first-order valence-corrected chi connectivity index (χ1v) is 17.7. The quantitative estimate of drug-likeness (QED) is 0.0695. The van der Waals surface area contributed by atoms with Crippen molar-refractivity contribution in [2.45, 2.75) is 51.2 Å². The molecule has 0 unspecified atom stereocenters. The second-order valence-corrected chi connectivity index (χ2v) is 12.2. The Bertz CT molecular complexity index is 1890. The lowest BCUT2D eigenvalue weighted by molar-refractivity contribution is -0.151. The molecule has 0 bridgehead atoms. The van der Waals surface area contributed by atoms with E-state index in [1.54, 1.807) is 0 Å². The summed E-state index contributed by atoms with van der Waals surface area (Å²) in [7, 11) is 0. The monoisotopic (exact) mass is 792 g/mol. The van der Waals surface area contributed by atoms with Crippen LogP contribution in [0.15, 0.2) is 134 Å². The molecule has 0 aliphatic carbocycles. The van der Waals surface area contributed by atoms with Crippen molar-refractivity contribution in [1.82, 2.24) is 20.6 Å². The predicted molar refractivity (Wildman–Crippen MR) is 210 cm³/mol. The normalized spacial score (nSPS) is 11.2. The number of carbonyl (C=O) groups excluding carboxylic acids is 4. The highest BCUT2D eigenvalue weighted by Gasteiger charge is 2.24. The van der Waals surface area contributed by atoms with Gasteiger partial charge in [0.15, 0.2) is 0 Å². The molecule has 4 aromatic carbocycles. The molecule has 302 valence electrons. The Morgan fingerprint density at radius 1 is 0.500 bits per heavy atom. The number of hydrogen-bond donors (Lipinski definition) is 6. The molecular weight excluding hydrogens is 748 g/mol. The van der Waals surface area contributed by atoms with E-state index in [-0.39, 0.29) is 37.4 Å². The molecule has 8 N–H and O–H groups in total. The van der Waals surface area contributed by atoms with Crippen LogP contribution in [-0.4, -0.2) is 68.0 Å². The van der Waals surface area contributed by atoms with E-state index in [2.05, 4.69) is 20.6 Å². The topological polar surface area (TPSA) is 263 Å². The van der Waals surface area contributed by atoms with Crippen LogP contribution in [0.3, 0.4) is 0 Å². The first-order valence-electron chi connectivity index (χ1n) is 17.7. The third kappa shape index (κ3) is 17.9. The zero-order valence-electron chi connectivity index (χ0n) is 31.3. The number of rotatable bonds is 18. The van der Waals surface area contributed by atoms with Crippen LogP contribution in [0.5, 0.6) is 0 Å². The second-order valence-electron chi connectivity index (χ2n) is 12.2. The third-order valence-corrected chi connectivity index (χ3v) is 7.72. The van der Waals surface area contributed by atoms with E-state index in [0.717, 1.165) is 34.6 Å². The minimum atomic E-state index is -1.05. The van der Waals surface area contributed by atoms with Crippen molar-refractivity contribution >= 4 is 35.7 Å². The number of hydrogen-bond acceptors (Lipinski definition) is 12. The van der Waals surface area contributed by atoms with Crippen molar-refractivity contribution in [1.29, 1.82) is 0 Å². The van der Waals surface area contributed by atoms with E-state index in [1.165, 1.54) is 0 Å². The number of carboxylic acids is 2. The van der Waals surface area contributed by atoms with Gasteiger partial charge in [0.05, 0.1) is 25.2 Å². The molecule has 0 saturated heterocycles. The fourth-order valence-corrected chi connectivity index (χ4v) is 4.74. The van der Waals surface area contributed by atoms with Crippen LogP contribution < -0.4 is 22.1 Å². The number of benzene rings is 4. The van der Waals surface area contributed by atoms with Crippen LogP contribution in [0.4, 0.5) is 0 Å². The number of aromatic nitrogens is 2. The van der Waals surface area contributed by atoms with Crippen LogP contribution in [0, 0.1) is 0 Å². The summed E-state index contributed by atoms with van der Waals surface area (Å²) in [5.74, 6) is -4.61. The minimum Gasteiger partial charge on any atom is -0.481 e. The Balaban J connectivity index is 0.000000245. The first-order chi connectivity index (χ1) is 27.9. The molecule has 1 heterocycles. The largest absolute Gasteiger partial charge is 0.481 e. The van der Waals surface area contributed by atoms with Crippen LogP contribution in [0.1, 0.15) is 56.1 Å². The third-order valence-electron chi connectivity index (χ3n) is 7.72. The van der Waals surface area contributed by atoms with E-state index in [4.69, 9.17) is 31.2 Å². The van der Waals surface area contributed by atoms with Gasteiger partial charge < -0.3 is 31.2 Å². The van der Waals surface area contributed by atoms with E-state index >= 15 is 0 Å². The zero-order chi connectivity index (χ0) is 42.1. The van der Waals surface area contributed by atoms with E-state index in [9.17, 15) is 28.8 Å². The van der Waals surface area contributed by atoms with Crippen molar-refractivity contribution in [3.63, 3.8) is 0 Å². The lowest BCUT2D eigenvalue weighted by atomic mass is 10.1. The van der Waals surface area contributed by atoms with Gasteiger partial charge in [-0.25, -0.2) is 9.97 Å². The molecule has 0 saturated carbocycles. The number of amides is 2. The Morgan fingerprint density at radius 2 is 0.793 bits per heavy atom. The van der Waals surface area contributed by atoms with Crippen LogP contribution in [0.2, 0.25) is 0 Å². The van der Waals surface area contributed by atoms with Crippen molar-refractivity contribution in [3.05, 3.63) is 167 Å². The summed E-state index contributed by atoms with van der Waals surface area (Å²) in [6.07, 6.45) is 1.56. The highest BCUT2D eigenvalue weighted by Crippen LogP contribution is 2.07. The number of nitrogens with zero attached hydrogens (tertiary/aromatic N) is 2. The highest BCUT2D eigenvalue weighted by atomic mass is 16.5. The average molecular weight is 793 g/mol. The molecule has 0 spiro atoms. The number of carboxylic acid groups (broad SMARTS) is 2. The fourth-order valence-electron chi connectivity index (χ4n) is 4.74. The maximum absolute atomic E-state index is 12.1. The Labute approximate surface area is 334 Å². The van der Waals surface area contributed by atoms with Crippen LogP contribution >= 0.6 is 0 Å². The molecular formula is C42H44N6O10. The Morgan fingerprint density at radius 3 is 1.05 bits per heavy atom. The smallest absolute Gasteiger partial charge is 0.324 e. The number of esters is 2. The molecule has 58 heavy (non-hydrogen) atoms. The van der Waals surface area contributed by atoms with E-state index < -0.39 is 47.8 Å². The summed E-state index contributed by atoms with van der Waals surface area (Å²) < 4.78 is 10.4. The van der Waals surface area contributed by atoms with Gasteiger partial charge in [0.1, 0.15) is 36.7 Å². The second kappa shape index (κ2) is 25.0. The van der Waals surface area contributed by atoms with Gasteiger partial charge in [0, 0.05) is 13.1 Å². The molecule has 2 atom stereocenters. The van der Waals surface area contributed by atoms with Crippen LogP contribution in [0.25, 0.3) is 0 Å². The predicted octanol–water partition coefficient (Wildman–Crippen LogP) is 3.40. The number of aliphatic carboxylic acids is 2. The zero-order valence-corrected chi connectivity index (χ0v) is 31.3. The lowest BCUT2D eigenvalue weighted by Crippen LogP contribution is -2.39. The van der Waals surface area contributed by atoms with Crippen molar-refractivity contribution < 1.29 is 48.5 Å². The van der Waals surface area contributed by atoms with Crippen molar-refractivity contribution in [2.24, 2.45) is 11.5 Å². The molecule has 16 heteroatoms. The Kier molecular flexibility index (Phi) is 19.4. The summed E-state index contributed by atoms with van der Waals surface area (Å²) >= 11 is 0. The summed E-state index contributed by atoms with van der Waals surface area (Å²) in [6, 6.07) is 35.7. The molecule has 0 radical (unpaired) electrons.